The third-order valence-electron chi connectivity index (χ3n) is 4.99. The highest BCUT2D eigenvalue weighted by Crippen LogP contribution is 2.18. The second kappa shape index (κ2) is 9.92. The standard InChI is InChI=1S/C21H29N5O2/c1-3-23-21(26-10-7-19(8-11-26)20(27)28-2)24-14-17-5-4-6-18(13-17)15-25-12-9-22-16-25/h4-6,9,12-13,16,19H,3,7-8,10-11,14-15H2,1-2H3,(H,23,24). The van der Waals surface area contributed by atoms with Gasteiger partial charge in [-0.15, -0.1) is 0 Å². The van der Waals surface area contributed by atoms with Gasteiger partial charge in [0, 0.05) is 38.6 Å². The first-order valence-corrected chi connectivity index (χ1v) is 9.84. The second-order valence-electron chi connectivity index (χ2n) is 7.01. The maximum absolute atomic E-state index is 11.7. The number of hydrogen-bond donors (Lipinski definition) is 1. The number of guanidine groups is 1. The number of aliphatic imine (C=N–C) groups is 1. The average molecular weight is 383 g/mol. The van der Waals surface area contributed by atoms with Gasteiger partial charge in [0.2, 0.25) is 0 Å². The summed E-state index contributed by atoms with van der Waals surface area (Å²) >= 11 is 0. The van der Waals surface area contributed by atoms with Crippen LogP contribution in [-0.4, -0.2) is 53.1 Å². The summed E-state index contributed by atoms with van der Waals surface area (Å²) in [7, 11) is 1.46. The number of piperidine rings is 1. The van der Waals surface area contributed by atoms with Gasteiger partial charge in [0.15, 0.2) is 5.96 Å². The Hall–Kier alpha value is -2.83. The van der Waals surface area contributed by atoms with Gasteiger partial charge < -0.3 is 19.5 Å². The Labute approximate surface area is 166 Å². The molecule has 7 heteroatoms. The van der Waals surface area contributed by atoms with Crippen LogP contribution in [-0.2, 0) is 22.6 Å². The molecule has 0 unspecified atom stereocenters. The minimum Gasteiger partial charge on any atom is -0.469 e. The van der Waals surface area contributed by atoms with Gasteiger partial charge in [-0.3, -0.25) is 4.79 Å². The molecule has 1 aromatic carbocycles. The minimum absolute atomic E-state index is 0.00369. The van der Waals surface area contributed by atoms with Crippen molar-refractivity contribution in [2.24, 2.45) is 10.9 Å². The highest BCUT2D eigenvalue weighted by Gasteiger charge is 2.26. The van der Waals surface area contributed by atoms with Crippen LogP contribution in [0.1, 0.15) is 30.9 Å². The number of likely N-dealkylation sites (tertiary alicyclic amines) is 1. The average Bonchev–Trinajstić information content (AvgIpc) is 3.24. The number of nitrogens with one attached hydrogen (secondary N) is 1. The number of imidazole rings is 1. The van der Waals surface area contributed by atoms with Crippen LogP contribution in [0.25, 0.3) is 0 Å². The molecule has 1 aliphatic heterocycles. The molecule has 1 aliphatic rings. The van der Waals surface area contributed by atoms with Crippen LogP contribution < -0.4 is 5.32 Å². The maximum Gasteiger partial charge on any atom is 0.308 e. The molecule has 2 heterocycles. The van der Waals surface area contributed by atoms with Crippen LogP contribution >= 0.6 is 0 Å². The summed E-state index contributed by atoms with van der Waals surface area (Å²) in [4.78, 5) is 22.9. The number of carbonyl (C=O) groups is 1. The molecule has 0 amide bonds. The SMILES string of the molecule is CCNC(=NCc1cccc(Cn2ccnc2)c1)N1CCC(C(=O)OC)CC1. The molecule has 7 nitrogen and oxygen atoms in total. The first-order chi connectivity index (χ1) is 13.7. The Morgan fingerprint density at radius 1 is 1.32 bits per heavy atom. The fraction of sp³-hybridized carbons (Fsp3) is 0.476. The number of aromatic nitrogens is 2. The van der Waals surface area contributed by atoms with Crippen LogP contribution in [0.4, 0.5) is 0 Å². The fourth-order valence-corrected chi connectivity index (χ4v) is 3.50. The van der Waals surface area contributed by atoms with Crippen molar-refractivity contribution in [3.8, 4) is 0 Å². The van der Waals surface area contributed by atoms with Gasteiger partial charge in [-0.2, -0.15) is 0 Å². The van der Waals surface area contributed by atoms with Gasteiger partial charge in [0.1, 0.15) is 0 Å². The summed E-state index contributed by atoms with van der Waals surface area (Å²) in [5, 5.41) is 3.38. The van der Waals surface area contributed by atoms with Crippen LogP contribution in [0, 0.1) is 5.92 Å². The predicted molar refractivity (Wildman–Crippen MR) is 109 cm³/mol. The van der Waals surface area contributed by atoms with Crippen molar-refractivity contribution in [1.29, 1.82) is 0 Å². The lowest BCUT2D eigenvalue weighted by Crippen LogP contribution is -2.46. The summed E-state index contributed by atoms with van der Waals surface area (Å²) in [5.74, 6) is 0.811. The lowest BCUT2D eigenvalue weighted by Gasteiger charge is -2.33. The molecule has 28 heavy (non-hydrogen) atoms. The largest absolute Gasteiger partial charge is 0.469 e. The van der Waals surface area contributed by atoms with Gasteiger partial charge in [-0.25, -0.2) is 9.98 Å². The van der Waals surface area contributed by atoms with Crippen molar-refractivity contribution in [3.63, 3.8) is 0 Å². The van der Waals surface area contributed by atoms with Crippen molar-refractivity contribution in [1.82, 2.24) is 19.8 Å². The normalized spacial score (nSPS) is 15.5. The van der Waals surface area contributed by atoms with E-state index < -0.39 is 0 Å². The molecular formula is C21H29N5O2. The van der Waals surface area contributed by atoms with Gasteiger partial charge >= 0.3 is 5.97 Å². The first kappa shape index (κ1) is 19.9. The second-order valence-corrected chi connectivity index (χ2v) is 7.01. The summed E-state index contributed by atoms with van der Waals surface area (Å²) < 4.78 is 6.93. The quantitative estimate of drug-likeness (QED) is 0.471. The summed E-state index contributed by atoms with van der Waals surface area (Å²) in [6.07, 6.45) is 7.19. The summed E-state index contributed by atoms with van der Waals surface area (Å²) in [6.45, 7) is 5.94. The fourth-order valence-electron chi connectivity index (χ4n) is 3.50. The van der Waals surface area contributed by atoms with E-state index >= 15 is 0 Å². The lowest BCUT2D eigenvalue weighted by atomic mass is 9.97. The third kappa shape index (κ3) is 5.34. The zero-order valence-electron chi connectivity index (χ0n) is 16.7. The topological polar surface area (TPSA) is 71.8 Å². The van der Waals surface area contributed by atoms with Crippen molar-refractivity contribution >= 4 is 11.9 Å². The van der Waals surface area contributed by atoms with Crippen molar-refractivity contribution < 1.29 is 9.53 Å². The molecule has 150 valence electrons. The lowest BCUT2D eigenvalue weighted by molar-refractivity contribution is -0.146. The predicted octanol–water partition coefficient (Wildman–Crippen LogP) is 2.28. The van der Waals surface area contributed by atoms with Crippen LogP contribution in [0.5, 0.6) is 0 Å². The van der Waals surface area contributed by atoms with Gasteiger partial charge in [0.05, 0.1) is 25.9 Å². The number of ether oxygens (including phenoxy) is 1. The number of methoxy groups -OCH3 is 1. The number of nitrogens with zero attached hydrogens (tertiary/aromatic N) is 4. The van der Waals surface area contributed by atoms with E-state index in [0.717, 1.165) is 45.0 Å². The van der Waals surface area contributed by atoms with E-state index in [2.05, 4.69) is 51.0 Å². The molecule has 1 aromatic heterocycles. The molecule has 2 aromatic rings. The molecule has 0 saturated carbocycles. The molecule has 0 atom stereocenters. The highest BCUT2D eigenvalue weighted by atomic mass is 16.5. The van der Waals surface area contributed by atoms with Gasteiger partial charge in [-0.1, -0.05) is 24.3 Å². The Morgan fingerprint density at radius 2 is 2.11 bits per heavy atom. The van der Waals surface area contributed by atoms with Gasteiger partial charge in [-0.05, 0) is 30.9 Å². The summed E-state index contributed by atoms with van der Waals surface area (Å²) in [6, 6.07) is 8.49. The van der Waals surface area contributed by atoms with Crippen molar-refractivity contribution in [3.05, 3.63) is 54.1 Å². The van der Waals surface area contributed by atoms with E-state index in [9.17, 15) is 4.79 Å². The van der Waals surface area contributed by atoms with Crippen LogP contribution in [0.3, 0.4) is 0 Å². The molecule has 0 bridgehead atoms. The van der Waals surface area contributed by atoms with E-state index in [1.54, 1.807) is 6.20 Å². The van der Waals surface area contributed by atoms with E-state index in [1.165, 1.54) is 18.2 Å². The molecule has 3 rings (SSSR count). The van der Waals surface area contributed by atoms with E-state index in [1.807, 2.05) is 12.5 Å². The Morgan fingerprint density at radius 3 is 2.79 bits per heavy atom. The molecular weight excluding hydrogens is 354 g/mol. The Bertz CT molecular complexity index is 780. The summed E-state index contributed by atoms with van der Waals surface area (Å²) in [5.41, 5.74) is 2.41. The molecule has 1 saturated heterocycles. The Balaban J connectivity index is 1.62. The number of esters is 1. The molecule has 1 N–H and O–H groups in total. The molecule has 0 aliphatic carbocycles. The number of hydrogen-bond acceptors (Lipinski definition) is 4. The first-order valence-electron chi connectivity index (χ1n) is 9.84. The van der Waals surface area contributed by atoms with Crippen molar-refractivity contribution in [2.75, 3.05) is 26.7 Å². The van der Waals surface area contributed by atoms with Crippen LogP contribution in [0.2, 0.25) is 0 Å². The van der Waals surface area contributed by atoms with E-state index in [-0.39, 0.29) is 11.9 Å². The monoisotopic (exact) mass is 383 g/mol. The third-order valence-corrected chi connectivity index (χ3v) is 4.99. The smallest absolute Gasteiger partial charge is 0.308 e. The highest BCUT2D eigenvalue weighted by molar-refractivity contribution is 5.80. The Kier molecular flexibility index (Phi) is 7.06. The molecule has 0 spiro atoms. The molecule has 1 fully saturated rings. The zero-order valence-corrected chi connectivity index (χ0v) is 16.7. The minimum atomic E-state index is -0.101. The number of carbonyl (C=O) groups excluding carboxylic acids is 1. The maximum atomic E-state index is 11.7. The van der Waals surface area contributed by atoms with Gasteiger partial charge in [0.25, 0.3) is 0 Å². The van der Waals surface area contributed by atoms with Crippen LogP contribution in [0.15, 0.2) is 48.0 Å². The van der Waals surface area contributed by atoms with E-state index in [4.69, 9.17) is 9.73 Å². The number of benzene rings is 1. The zero-order chi connectivity index (χ0) is 19.8. The van der Waals surface area contributed by atoms with Crippen molar-refractivity contribution in [2.45, 2.75) is 32.9 Å². The van der Waals surface area contributed by atoms with E-state index in [0.29, 0.717) is 6.54 Å². The molecule has 0 radical (unpaired) electrons. The number of rotatable bonds is 6.